The molecule has 1 N–H and O–H groups in total. The summed E-state index contributed by atoms with van der Waals surface area (Å²) in [5, 5.41) is 3.02. The first-order valence-corrected chi connectivity index (χ1v) is 7.33. The van der Waals surface area contributed by atoms with Gasteiger partial charge in [-0.25, -0.2) is 0 Å². The van der Waals surface area contributed by atoms with Crippen LogP contribution in [0.4, 0.5) is 0 Å². The fourth-order valence-electron chi connectivity index (χ4n) is 2.60. The number of carbonyl (C=O) groups excluding carboxylic acids is 2. The molecule has 122 valence electrons. The summed E-state index contributed by atoms with van der Waals surface area (Å²) in [5.41, 5.74) is 1.10. The summed E-state index contributed by atoms with van der Waals surface area (Å²) in [6.07, 6.45) is 0.329. The minimum absolute atomic E-state index is 0. The molecule has 1 unspecified atom stereocenters. The van der Waals surface area contributed by atoms with E-state index in [1.54, 1.807) is 16.8 Å². The van der Waals surface area contributed by atoms with E-state index in [0.717, 1.165) is 12.1 Å². The number of likely N-dealkylation sites (tertiary alicyclic amines) is 1. The van der Waals surface area contributed by atoms with E-state index < -0.39 is 0 Å². The largest absolute Gasteiger partial charge is 0.344 e. The fraction of sp³-hybridized carbons (Fsp3) is 0.500. The molecule has 1 aliphatic heterocycles. The fourth-order valence-corrected chi connectivity index (χ4v) is 2.60. The van der Waals surface area contributed by atoms with Crippen molar-refractivity contribution in [2.75, 3.05) is 33.7 Å². The van der Waals surface area contributed by atoms with E-state index in [1.165, 1.54) is 0 Å². The number of halogens is 1. The third kappa shape index (κ3) is 4.71. The van der Waals surface area contributed by atoms with Gasteiger partial charge in [0, 0.05) is 39.6 Å². The number of rotatable bonds is 6. The van der Waals surface area contributed by atoms with E-state index in [-0.39, 0.29) is 30.1 Å². The van der Waals surface area contributed by atoms with Crippen LogP contribution in [0, 0.1) is 5.92 Å². The maximum absolute atomic E-state index is 12.3. The second kappa shape index (κ2) is 8.76. The molecule has 1 heterocycles. The van der Waals surface area contributed by atoms with Gasteiger partial charge < -0.3 is 15.1 Å². The first-order chi connectivity index (χ1) is 10.1. The van der Waals surface area contributed by atoms with Crippen LogP contribution in [-0.4, -0.2) is 55.3 Å². The number of benzene rings is 1. The molecule has 1 aromatic carbocycles. The molecule has 2 rings (SSSR count). The Morgan fingerprint density at radius 3 is 2.68 bits per heavy atom. The molecule has 0 aliphatic carbocycles. The number of hydrogen-bond donors (Lipinski definition) is 1. The topological polar surface area (TPSA) is 52.7 Å². The second-order valence-electron chi connectivity index (χ2n) is 5.52. The van der Waals surface area contributed by atoms with Crippen molar-refractivity contribution in [3.8, 4) is 0 Å². The molecule has 6 heteroatoms. The standard InChI is InChI=1S/C16H23N3O2.ClH/c1-17-8-9-18(2)16(21)14-10-15(20)19(12-14)11-13-6-4-3-5-7-13;/h3-7,14,17H,8-12H2,1-2H3;1H. The van der Waals surface area contributed by atoms with Crippen molar-refractivity contribution in [3.05, 3.63) is 35.9 Å². The zero-order chi connectivity index (χ0) is 15.2. The average molecular weight is 326 g/mol. The quantitative estimate of drug-likeness (QED) is 0.853. The van der Waals surface area contributed by atoms with Crippen molar-refractivity contribution >= 4 is 24.2 Å². The zero-order valence-electron chi connectivity index (χ0n) is 13.1. The Morgan fingerprint density at radius 1 is 1.36 bits per heavy atom. The van der Waals surface area contributed by atoms with Gasteiger partial charge in [-0.05, 0) is 12.6 Å². The van der Waals surface area contributed by atoms with Gasteiger partial charge in [0.15, 0.2) is 0 Å². The molecule has 5 nitrogen and oxygen atoms in total. The highest BCUT2D eigenvalue weighted by molar-refractivity contribution is 5.89. The maximum atomic E-state index is 12.3. The monoisotopic (exact) mass is 325 g/mol. The smallest absolute Gasteiger partial charge is 0.227 e. The Kier molecular flexibility index (Phi) is 7.35. The molecular weight excluding hydrogens is 302 g/mol. The van der Waals surface area contributed by atoms with Gasteiger partial charge in [-0.2, -0.15) is 0 Å². The third-order valence-electron chi connectivity index (χ3n) is 3.85. The van der Waals surface area contributed by atoms with Crippen LogP contribution in [0.25, 0.3) is 0 Å². The molecule has 2 amide bonds. The molecule has 1 saturated heterocycles. The van der Waals surface area contributed by atoms with Crippen LogP contribution in [0.3, 0.4) is 0 Å². The minimum Gasteiger partial charge on any atom is -0.344 e. The van der Waals surface area contributed by atoms with Crippen molar-refractivity contribution in [3.63, 3.8) is 0 Å². The minimum atomic E-state index is -0.205. The molecule has 1 atom stereocenters. The number of nitrogens with zero attached hydrogens (tertiary/aromatic N) is 2. The second-order valence-corrected chi connectivity index (χ2v) is 5.52. The molecule has 0 spiro atoms. The van der Waals surface area contributed by atoms with Gasteiger partial charge in [0.1, 0.15) is 0 Å². The molecule has 1 aliphatic rings. The van der Waals surface area contributed by atoms with E-state index in [9.17, 15) is 9.59 Å². The first kappa shape index (κ1) is 18.5. The molecule has 0 radical (unpaired) electrons. The van der Waals surface area contributed by atoms with Crippen molar-refractivity contribution in [2.45, 2.75) is 13.0 Å². The van der Waals surface area contributed by atoms with Crippen LogP contribution in [-0.2, 0) is 16.1 Å². The van der Waals surface area contributed by atoms with Crippen molar-refractivity contribution in [1.82, 2.24) is 15.1 Å². The highest BCUT2D eigenvalue weighted by Crippen LogP contribution is 2.21. The highest BCUT2D eigenvalue weighted by atomic mass is 35.5. The SMILES string of the molecule is CNCCN(C)C(=O)C1CC(=O)N(Cc2ccccc2)C1.Cl. The lowest BCUT2D eigenvalue weighted by Gasteiger charge is -2.21. The van der Waals surface area contributed by atoms with Crippen LogP contribution in [0.15, 0.2) is 30.3 Å². The Bertz CT molecular complexity index is 495. The van der Waals surface area contributed by atoms with Gasteiger partial charge in [0.2, 0.25) is 11.8 Å². The van der Waals surface area contributed by atoms with Crippen LogP contribution >= 0.6 is 12.4 Å². The Morgan fingerprint density at radius 2 is 2.05 bits per heavy atom. The first-order valence-electron chi connectivity index (χ1n) is 7.33. The summed E-state index contributed by atoms with van der Waals surface area (Å²) in [6.45, 7) is 2.54. The molecule has 0 aromatic heterocycles. The Balaban J connectivity index is 0.00000242. The van der Waals surface area contributed by atoms with Gasteiger partial charge in [-0.3, -0.25) is 9.59 Å². The lowest BCUT2D eigenvalue weighted by Crippen LogP contribution is -2.38. The predicted molar refractivity (Wildman–Crippen MR) is 88.8 cm³/mol. The molecule has 22 heavy (non-hydrogen) atoms. The number of likely N-dealkylation sites (N-methyl/N-ethyl adjacent to an activating group) is 2. The normalized spacial score (nSPS) is 17.3. The van der Waals surface area contributed by atoms with Crippen LogP contribution in [0.2, 0.25) is 0 Å². The van der Waals surface area contributed by atoms with Crippen LogP contribution in [0.5, 0.6) is 0 Å². The summed E-state index contributed by atoms with van der Waals surface area (Å²) in [7, 11) is 3.66. The van der Waals surface area contributed by atoms with E-state index in [1.807, 2.05) is 37.4 Å². The highest BCUT2D eigenvalue weighted by Gasteiger charge is 2.35. The average Bonchev–Trinajstić information content (AvgIpc) is 2.86. The van der Waals surface area contributed by atoms with Crippen molar-refractivity contribution in [1.29, 1.82) is 0 Å². The van der Waals surface area contributed by atoms with E-state index >= 15 is 0 Å². The molecular formula is C16H24ClN3O2. The molecule has 0 saturated carbocycles. The lowest BCUT2D eigenvalue weighted by atomic mass is 10.1. The number of hydrogen-bond acceptors (Lipinski definition) is 3. The molecule has 1 fully saturated rings. The lowest BCUT2D eigenvalue weighted by molar-refractivity contribution is -0.134. The van der Waals surface area contributed by atoms with Gasteiger partial charge >= 0.3 is 0 Å². The zero-order valence-corrected chi connectivity index (χ0v) is 13.9. The number of nitrogens with one attached hydrogen (secondary N) is 1. The number of carbonyl (C=O) groups is 2. The summed E-state index contributed by atoms with van der Waals surface area (Å²) >= 11 is 0. The van der Waals surface area contributed by atoms with Gasteiger partial charge in [0.25, 0.3) is 0 Å². The van der Waals surface area contributed by atoms with E-state index in [4.69, 9.17) is 0 Å². The van der Waals surface area contributed by atoms with Crippen LogP contribution < -0.4 is 5.32 Å². The Labute approximate surface area is 138 Å². The summed E-state index contributed by atoms with van der Waals surface area (Å²) in [5.74, 6) is -0.0727. The predicted octanol–water partition coefficient (Wildman–Crippen LogP) is 1.13. The molecule has 0 bridgehead atoms. The Hall–Kier alpha value is -1.59. The summed E-state index contributed by atoms with van der Waals surface area (Å²) in [4.78, 5) is 27.9. The molecule has 1 aromatic rings. The number of amides is 2. The maximum Gasteiger partial charge on any atom is 0.227 e. The summed E-state index contributed by atoms with van der Waals surface area (Å²) < 4.78 is 0. The third-order valence-corrected chi connectivity index (χ3v) is 3.85. The van der Waals surface area contributed by atoms with Crippen molar-refractivity contribution in [2.24, 2.45) is 5.92 Å². The van der Waals surface area contributed by atoms with Gasteiger partial charge in [0.05, 0.1) is 5.92 Å². The van der Waals surface area contributed by atoms with Gasteiger partial charge in [-0.1, -0.05) is 30.3 Å². The van der Waals surface area contributed by atoms with E-state index in [2.05, 4.69) is 5.32 Å². The summed E-state index contributed by atoms with van der Waals surface area (Å²) in [6, 6.07) is 9.88. The van der Waals surface area contributed by atoms with Crippen molar-refractivity contribution < 1.29 is 9.59 Å². The van der Waals surface area contributed by atoms with Crippen LogP contribution in [0.1, 0.15) is 12.0 Å². The van der Waals surface area contributed by atoms with Gasteiger partial charge in [-0.15, -0.1) is 12.4 Å². The van der Waals surface area contributed by atoms with E-state index in [0.29, 0.717) is 26.1 Å².